The molecular weight excluding hydrogens is 284 g/mol. The number of rotatable bonds is 10. The molecule has 0 aliphatic rings. The van der Waals surface area contributed by atoms with Crippen LogP contribution in [0.3, 0.4) is 0 Å². The molecule has 2 amide bonds. The van der Waals surface area contributed by atoms with E-state index in [0.717, 1.165) is 62.7 Å². The zero-order valence-corrected chi connectivity index (χ0v) is 14.7. The van der Waals surface area contributed by atoms with Crippen molar-refractivity contribution in [2.24, 2.45) is 20.6 Å². The van der Waals surface area contributed by atoms with E-state index in [2.05, 4.69) is 22.6 Å². The first-order valence-corrected chi connectivity index (χ1v) is 8.99. The Bertz CT molecular complexity index is 344. The largest absolute Gasteiger partial charge is 0.271 e. The molecule has 0 heterocycles. The molecule has 4 nitrogen and oxygen atoms in total. The summed E-state index contributed by atoms with van der Waals surface area (Å²) in [6, 6.07) is 0. The molecule has 0 spiro atoms. The van der Waals surface area contributed by atoms with Gasteiger partial charge in [0.2, 0.25) is 0 Å². The van der Waals surface area contributed by atoms with E-state index in [0.29, 0.717) is 0 Å². The second-order valence-corrected chi connectivity index (χ2v) is 5.96. The highest BCUT2D eigenvalue weighted by molar-refractivity contribution is 7.58. The van der Waals surface area contributed by atoms with Crippen molar-refractivity contribution in [3.05, 3.63) is 0 Å². The third kappa shape index (κ3) is 8.91. The van der Waals surface area contributed by atoms with Gasteiger partial charge in [-0.1, -0.05) is 53.4 Å². The highest BCUT2D eigenvalue weighted by Crippen LogP contribution is 2.15. The minimum Gasteiger partial charge on any atom is -0.271 e. The molecule has 2 atom stereocenters. The fourth-order valence-electron chi connectivity index (χ4n) is 2.16. The fraction of sp³-hybridized carbons (Fsp3) is 0.875. The van der Waals surface area contributed by atoms with Gasteiger partial charge in [-0.3, -0.25) is 9.59 Å². The number of amides is 2. The predicted molar refractivity (Wildman–Crippen MR) is 88.8 cm³/mol. The molecule has 0 N–H and O–H groups in total. The highest BCUT2D eigenvalue weighted by atomic mass is 32.1. The van der Waals surface area contributed by atoms with Crippen molar-refractivity contribution in [1.82, 2.24) is 0 Å². The molecule has 0 bridgehead atoms. The van der Waals surface area contributed by atoms with E-state index in [1.165, 1.54) is 0 Å². The van der Waals surface area contributed by atoms with Gasteiger partial charge in [0.1, 0.15) is 0 Å². The lowest BCUT2D eigenvalue weighted by Crippen LogP contribution is -2.11. The lowest BCUT2D eigenvalue weighted by molar-refractivity contribution is -0.122. The lowest BCUT2D eigenvalue weighted by Gasteiger charge is -2.08. The summed E-state index contributed by atoms with van der Waals surface area (Å²) in [6.07, 6.45) is 7.57. The maximum Gasteiger partial charge on any atom is 0.260 e. The topological polar surface area (TPSA) is 58.9 Å². The number of unbranched alkanes of at least 4 members (excludes halogenated alkanes) is 2. The Morgan fingerprint density at radius 1 is 0.810 bits per heavy atom. The normalized spacial score (nSPS) is 13.3. The first-order valence-electron chi connectivity index (χ1n) is 8.26. The second-order valence-electron chi connectivity index (χ2n) is 5.44. The van der Waals surface area contributed by atoms with Crippen molar-refractivity contribution in [3.63, 3.8) is 0 Å². The van der Waals surface area contributed by atoms with E-state index < -0.39 is 0 Å². The summed E-state index contributed by atoms with van der Waals surface area (Å²) in [7, 11) is 0. The van der Waals surface area contributed by atoms with Crippen LogP contribution in [0, 0.1) is 11.8 Å². The minimum absolute atomic E-state index is 0.0233. The Hall–Kier alpha value is -0.840. The zero-order valence-electron chi connectivity index (χ0n) is 13.9. The van der Waals surface area contributed by atoms with Gasteiger partial charge in [-0.25, -0.2) is 0 Å². The smallest absolute Gasteiger partial charge is 0.260 e. The third-order valence-electron chi connectivity index (χ3n) is 3.76. The van der Waals surface area contributed by atoms with E-state index in [1.54, 1.807) is 0 Å². The van der Waals surface area contributed by atoms with E-state index in [-0.39, 0.29) is 23.7 Å². The van der Waals surface area contributed by atoms with Crippen LogP contribution < -0.4 is 0 Å². The Balaban J connectivity index is 4.53. The Labute approximate surface area is 133 Å². The van der Waals surface area contributed by atoms with Gasteiger partial charge < -0.3 is 0 Å². The monoisotopic (exact) mass is 314 g/mol. The molecule has 0 saturated carbocycles. The number of hydrogen-bond acceptors (Lipinski definition) is 2. The van der Waals surface area contributed by atoms with Crippen LogP contribution in [0.1, 0.15) is 79.1 Å². The average Bonchev–Trinajstić information content (AvgIpc) is 2.48. The Morgan fingerprint density at radius 3 is 1.48 bits per heavy atom. The maximum atomic E-state index is 11.9. The lowest BCUT2D eigenvalue weighted by atomic mass is 9.99. The van der Waals surface area contributed by atoms with Crippen LogP contribution in [-0.2, 0) is 20.9 Å². The maximum absolute atomic E-state index is 11.9. The summed E-state index contributed by atoms with van der Waals surface area (Å²) < 4.78 is 7.75. The van der Waals surface area contributed by atoms with Gasteiger partial charge in [-0.05, 0) is 25.7 Å². The summed E-state index contributed by atoms with van der Waals surface area (Å²) >= 11 is 0.775. The molecule has 0 aliphatic heterocycles. The van der Waals surface area contributed by atoms with Gasteiger partial charge >= 0.3 is 0 Å². The van der Waals surface area contributed by atoms with Gasteiger partial charge in [0.05, 0.1) is 11.4 Å². The molecule has 0 aromatic carbocycles. The van der Waals surface area contributed by atoms with Gasteiger partial charge in [-0.2, -0.15) is 0 Å². The molecule has 0 radical (unpaired) electrons. The van der Waals surface area contributed by atoms with Crippen molar-refractivity contribution in [2.75, 3.05) is 0 Å². The van der Waals surface area contributed by atoms with Crippen LogP contribution >= 0.6 is 0 Å². The molecule has 0 aromatic heterocycles. The van der Waals surface area contributed by atoms with Crippen LogP contribution in [-0.4, -0.2) is 11.8 Å². The van der Waals surface area contributed by atoms with Crippen molar-refractivity contribution in [3.8, 4) is 0 Å². The van der Waals surface area contributed by atoms with Crippen molar-refractivity contribution in [2.45, 2.75) is 79.1 Å². The molecule has 21 heavy (non-hydrogen) atoms. The van der Waals surface area contributed by atoms with Gasteiger partial charge in [-0.15, -0.1) is 8.73 Å². The van der Waals surface area contributed by atoms with Crippen molar-refractivity contribution in [1.29, 1.82) is 0 Å². The molecule has 122 valence electrons. The van der Waals surface area contributed by atoms with Crippen LogP contribution in [0.5, 0.6) is 0 Å². The van der Waals surface area contributed by atoms with Crippen LogP contribution in [0.2, 0.25) is 0 Å². The average molecular weight is 314 g/mol. The van der Waals surface area contributed by atoms with Crippen LogP contribution in [0.25, 0.3) is 0 Å². The fourth-order valence-corrected chi connectivity index (χ4v) is 2.66. The molecule has 0 saturated heterocycles. The summed E-state index contributed by atoms with van der Waals surface area (Å²) in [5.74, 6) is -0.308. The SMILES string of the molecule is CCCCC(CC)C(=O)N=S=NC(=O)C(CC)CCCC. The number of carbonyl (C=O) groups is 2. The Kier molecular flexibility index (Phi) is 12.4. The summed E-state index contributed by atoms with van der Waals surface area (Å²) in [4.78, 5) is 23.8. The zero-order chi connectivity index (χ0) is 16.1. The van der Waals surface area contributed by atoms with Crippen LogP contribution in [0.15, 0.2) is 8.73 Å². The van der Waals surface area contributed by atoms with Gasteiger partial charge in [0.25, 0.3) is 11.8 Å². The minimum atomic E-state index is -0.130. The van der Waals surface area contributed by atoms with Crippen molar-refractivity contribution >= 4 is 23.2 Å². The summed E-state index contributed by atoms with van der Waals surface area (Å²) in [5.41, 5.74) is 0. The quantitative estimate of drug-likeness (QED) is 0.574. The van der Waals surface area contributed by atoms with Gasteiger partial charge in [0.15, 0.2) is 0 Å². The molecule has 0 fully saturated rings. The third-order valence-corrected chi connectivity index (χ3v) is 4.28. The molecule has 0 aliphatic carbocycles. The summed E-state index contributed by atoms with van der Waals surface area (Å²) in [6.45, 7) is 8.22. The molecule has 5 heteroatoms. The predicted octanol–water partition coefficient (Wildman–Crippen LogP) is 4.92. The standard InChI is InChI=1S/C16H30N2O2S/c1-5-9-11-13(7-3)15(19)17-21-18-16(20)14(8-4)12-10-6-2/h13-14H,5-12H2,1-4H3. The van der Waals surface area contributed by atoms with E-state index >= 15 is 0 Å². The Morgan fingerprint density at radius 2 is 1.19 bits per heavy atom. The number of carbonyl (C=O) groups excluding carboxylic acids is 2. The molecule has 0 rings (SSSR count). The van der Waals surface area contributed by atoms with Crippen molar-refractivity contribution < 1.29 is 9.59 Å². The molecular formula is C16H30N2O2S. The molecule has 0 aromatic rings. The van der Waals surface area contributed by atoms with E-state index in [9.17, 15) is 9.59 Å². The first kappa shape index (κ1) is 20.2. The molecule has 2 unspecified atom stereocenters. The van der Waals surface area contributed by atoms with Crippen LogP contribution in [0.4, 0.5) is 0 Å². The van der Waals surface area contributed by atoms with E-state index in [4.69, 9.17) is 0 Å². The van der Waals surface area contributed by atoms with E-state index in [1.807, 2.05) is 13.8 Å². The van der Waals surface area contributed by atoms with Gasteiger partial charge in [0, 0.05) is 11.8 Å². The number of nitrogens with zero attached hydrogens (tertiary/aromatic N) is 2. The summed E-state index contributed by atoms with van der Waals surface area (Å²) in [5, 5.41) is 0. The highest BCUT2D eigenvalue weighted by Gasteiger charge is 2.16. The number of hydrogen-bond donors (Lipinski definition) is 0. The first-order chi connectivity index (χ1) is 10.1. The second kappa shape index (κ2) is 12.9.